The maximum Gasteiger partial charge on any atom is 0.260 e. The van der Waals surface area contributed by atoms with Gasteiger partial charge in [-0.3, -0.25) is 9.69 Å². The Hall–Kier alpha value is -1.59. The Morgan fingerprint density at radius 2 is 1.91 bits per heavy atom. The Bertz CT molecular complexity index is 478. The van der Waals surface area contributed by atoms with Gasteiger partial charge in [0.15, 0.2) is 6.10 Å². The number of nitrogens with zero attached hydrogens (tertiary/aromatic N) is 1. The molecule has 0 spiro atoms. The third kappa shape index (κ3) is 5.31. The highest BCUT2D eigenvalue weighted by Gasteiger charge is 2.15. The van der Waals surface area contributed by atoms with Crippen LogP contribution < -0.4 is 10.1 Å². The molecule has 0 unspecified atom stereocenters. The zero-order valence-electron chi connectivity index (χ0n) is 13.7. The van der Waals surface area contributed by atoms with Crippen LogP contribution >= 0.6 is 0 Å². The standard InChI is InChI=1S/C17H26N2O3/c1-13-10-14(2)12-16(11-13)22-15(3)17(20)18-4-5-19-6-8-21-9-7-19/h10-12,15H,4-9H2,1-3H3,(H,18,20)/t15-/m1/s1. The molecule has 1 fully saturated rings. The van der Waals surface area contributed by atoms with E-state index in [0.29, 0.717) is 6.54 Å². The quantitative estimate of drug-likeness (QED) is 0.866. The zero-order chi connectivity index (χ0) is 15.9. The molecule has 1 aliphatic rings. The van der Waals surface area contributed by atoms with Crippen LogP contribution in [0.2, 0.25) is 0 Å². The maximum absolute atomic E-state index is 12.1. The van der Waals surface area contributed by atoms with E-state index in [0.717, 1.165) is 49.7 Å². The minimum Gasteiger partial charge on any atom is -0.481 e. The van der Waals surface area contributed by atoms with E-state index < -0.39 is 6.10 Å². The van der Waals surface area contributed by atoms with E-state index in [4.69, 9.17) is 9.47 Å². The van der Waals surface area contributed by atoms with Crippen molar-refractivity contribution in [3.63, 3.8) is 0 Å². The summed E-state index contributed by atoms with van der Waals surface area (Å²) in [6.45, 7) is 10.7. The molecule has 122 valence electrons. The SMILES string of the molecule is Cc1cc(C)cc(O[C@H](C)C(=O)NCCN2CCOCC2)c1. The van der Waals surface area contributed by atoms with Crippen molar-refractivity contribution >= 4 is 5.91 Å². The molecule has 1 aliphatic heterocycles. The summed E-state index contributed by atoms with van der Waals surface area (Å²) in [7, 11) is 0. The second-order valence-corrected chi connectivity index (χ2v) is 5.83. The van der Waals surface area contributed by atoms with E-state index in [2.05, 4.69) is 16.3 Å². The number of morpholine rings is 1. The van der Waals surface area contributed by atoms with Crippen LogP contribution in [0.1, 0.15) is 18.1 Å². The molecule has 2 rings (SSSR count). The smallest absolute Gasteiger partial charge is 0.260 e. The van der Waals surface area contributed by atoms with Gasteiger partial charge in [-0.25, -0.2) is 0 Å². The normalized spacial score (nSPS) is 17.0. The minimum atomic E-state index is -0.495. The van der Waals surface area contributed by atoms with Crippen molar-refractivity contribution in [2.45, 2.75) is 26.9 Å². The fourth-order valence-electron chi connectivity index (χ4n) is 2.56. The molecule has 0 bridgehead atoms. The molecular weight excluding hydrogens is 280 g/mol. The molecule has 1 aromatic carbocycles. The first kappa shape index (κ1) is 16.8. The van der Waals surface area contributed by atoms with Crippen LogP contribution in [0.4, 0.5) is 0 Å². The van der Waals surface area contributed by atoms with Crippen molar-refractivity contribution < 1.29 is 14.3 Å². The number of hydrogen-bond donors (Lipinski definition) is 1. The predicted molar refractivity (Wildman–Crippen MR) is 86.3 cm³/mol. The van der Waals surface area contributed by atoms with Crippen molar-refractivity contribution in [3.05, 3.63) is 29.3 Å². The van der Waals surface area contributed by atoms with Crippen LogP contribution in [0.5, 0.6) is 5.75 Å². The lowest BCUT2D eigenvalue weighted by Gasteiger charge is -2.26. The van der Waals surface area contributed by atoms with Crippen LogP contribution in [0.25, 0.3) is 0 Å². The van der Waals surface area contributed by atoms with E-state index in [-0.39, 0.29) is 5.91 Å². The first-order valence-electron chi connectivity index (χ1n) is 7.87. The predicted octanol–water partition coefficient (Wildman–Crippen LogP) is 1.52. The first-order valence-corrected chi connectivity index (χ1v) is 7.87. The number of carbonyl (C=O) groups is 1. The molecule has 1 aromatic rings. The number of hydrogen-bond acceptors (Lipinski definition) is 4. The highest BCUT2D eigenvalue weighted by atomic mass is 16.5. The minimum absolute atomic E-state index is 0.0765. The molecule has 1 heterocycles. The largest absolute Gasteiger partial charge is 0.481 e. The Kier molecular flexibility index (Phi) is 6.21. The molecule has 5 heteroatoms. The average molecular weight is 306 g/mol. The van der Waals surface area contributed by atoms with Gasteiger partial charge in [0.25, 0.3) is 5.91 Å². The van der Waals surface area contributed by atoms with Gasteiger partial charge in [-0.2, -0.15) is 0 Å². The Balaban J connectivity index is 1.74. The van der Waals surface area contributed by atoms with E-state index in [9.17, 15) is 4.79 Å². The monoisotopic (exact) mass is 306 g/mol. The van der Waals surface area contributed by atoms with Crippen molar-refractivity contribution in [2.75, 3.05) is 39.4 Å². The lowest BCUT2D eigenvalue weighted by Crippen LogP contribution is -2.43. The summed E-state index contributed by atoms with van der Waals surface area (Å²) in [4.78, 5) is 14.4. The van der Waals surface area contributed by atoms with Crippen molar-refractivity contribution in [1.29, 1.82) is 0 Å². The second-order valence-electron chi connectivity index (χ2n) is 5.83. The molecule has 1 N–H and O–H groups in total. The molecule has 1 saturated heterocycles. The Morgan fingerprint density at radius 3 is 2.55 bits per heavy atom. The summed E-state index contributed by atoms with van der Waals surface area (Å²) < 4.78 is 11.0. The van der Waals surface area contributed by atoms with Gasteiger partial charge in [-0.15, -0.1) is 0 Å². The molecule has 1 amide bonds. The summed E-state index contributed by atoms with van der Waals surface area (Å²) in [6, 6.07) is 5.98. The fourth-order valence-corrected chi connectivity index (χ4v) is 2.56. The van der Waals surface area contributed by atoms with Crippen LogP contribution in [0.3, 0.4) is 0 Å². The van der Waals surface area contributed by atoms with Gasteiger partial charge in [0, 0.05) is 26.2 Å². The van der Waals surface area contributed by atoms with Gasteiger partial charge >= 0.3 is 0 Å². The average Bonchev–Trinajstić information content (AvgIpc) is 2.47. The van der Waals surface area contributed by atoms with Crippen LogP contribution in [0.15, 0.2) is 18.2 Å². The van der Waals surface area contributed by atoms with Gasteiger partial charge < -0.3 is 14.8 Å². The lowest BCUT2D eigenvalue weighted by atomic mass is 10.1. The second kappa shape index (κ2) is 8.15. The van der Waals surface area contributed by atoms with Crippen LogP contribution in [-0.2, 0) is 9.53 Å². The van der Waals surface area contributed by atoms with Crippen molar-refractivity contribution in [3.8, 4) is 5.75 Å². The lowest BCUT2D eigenvalue weighted by molar-refractivity contribution is -0.127. The molecule has 1 atom stereocenters. The number of ether oxygens (including phenoxy) is 2. The summed E-state index contributed by atoms with van der Waals surface area (Å²) >= 11 is 0. The number of amides is 1. The van der Waals surface area contributed by atoms with Gasteiger partial charge in [0.1, 0.15) is 5.75 Å². The fraction of sp³-hybridized carbons (Fsp3) is 0.588. The number of nitrogens with one attached hydrogen (secondary N) is 1. The summed E-state index contributed by atoms with van der Waals surface area (Å²) in [5, 5.41) is 2.93. The summed E-state index contributed by atoms with van der Waals surface area (Å²) in [5.41, 5.74) is 2.27. The molecule has 22 heavy (non-hydrogen) atoms. The van der Waals surface area contributed by atoms with Gasteiger partial charge in [-0.1, -0.05) is 6.07 Å². The van der Waals surface area contributed by atoms with Gasteiger partial charge in [-0.05, 0) is 44.0 Å². The molecule has 0 aliphatic carbocycles. The third-order valence-electron chi connectivity index (χ3n) is 3.71. The van der Waals surface area contributed by atoms with E-state index in [1.54, 1.807) is 6.92 Å². The third-order valence-corrected chi connectivity index (χ3v) is 3.71. The van der Waals surface area contributed by atoms with Crippen LogP contribution in [-0.4, -0.2) is 56.3 Å². The molecule has 5 nitrogen and oxygen atoms in total. The highest BCUT2D eigenvalue weighted by Crippen LogP contribution is 2.17. The maximum atomic E-state index is 12.1. The highest BCUT2D eigenvalue weighted by molar-refractivity contribution is 5.80. The Labute approximate surface area is 132 Å². The number of rotatable bonds is 6. The van der Waals surface area contributed by atoms with Gasteiger partial charge in [0.05, 0.1) is 13.2 Å². The van der Waals surface area contributed by atoms with Crippen molar-refractivity contribution in [1.82, 2.24) is 10.2 Å². The topological polar surface area (TPSA) is 50.8 Å². The number of benzene rings is 1. The van der Waals surface area contributed by atoms with Crippen LogP contribution in [0, 0.1) is 13.8 Å². The van der Waals surface area contributed by atoms with Gasteiger partial charge in [0.2, 0.25) is 0 Å². The zero-order valence-corrected chi connectivity index (χ0v) is 13.7. The molecular formula is C17H26N2O3. The van der Waals surface area contributed by atoms with E-state index in [1.807, 2.05) is 26.0 Å². The van der Waals surface area contributed by atoms with E-state index in [1.165, 1.54) is 0 Å². The number of aryl methyl sites for hydroxylation is 2. The first-order chi connectivity index (χ1) is 10.5. The van der Waals surface area contributed by atoms with E-state index >= 15 is 0 Å². The molecule has 0 radical (unpaired) electrons. The Morgan fingerprint density at radius 1 is 1.27 bits per heavy atom. The van der Waals surface area contributed by atoms with Crippen molar-refractivity contribution in [2.24, 2.45) is 0 Å². The molecule has 0 aromatic heterocycles. The molecule has 0 saturated carbocycles. The summed E-state index contributed by atoms with van der Waals surface area (Å²) in [6.07, 6.45) is -0.495. The summed E-state index contributed by atoms with van der Waals surface area (Å²) in [5.74, 6) is 0.667. The number of carbonyl (C=O) groups excluding carboxylic acids is 1.